The van der Waals surface area contributed by atoms with Crippen molar-refractivity contribution in [3.63, 3.8) is 0 Å². The van der Waals surface area contributed by atoms with Crippen molar-refractivity contribution in [1.29, 1.82) is 0 Å². The molecule has 1 aromatic rings. The molecule has 0 amide bonds. The molecule has 18 heavy (non-hydrogen) atoms. The summed E-state index contributed by atoms with van der Waals surface area (Å²) in [7, 11) is 1.40. The molecular weight excluding hydrogens is 236 g/mol. The van der Waals surface area contributed by atoms with E-state index in [9.17, 15) is 8.78 Å². The fourth-order valence-corrected chi connectivity index (χ4v) is 1.58. The van der Waals surface area contributed by atoms with Crippen molar-refractivity contribution >= 4 is 0 Å². The molecule has 0 heterocycles. The summed E-state index contributed by atoms with van der Waals surface area (Å²) < 4.78 is 33.4. The van der Waals surface area contributed by atoms with Crippen molar-refractivity contribution < 1.29 is 13.5 Å². The zero-order chi connectivity index (χ0) is 14.0. The topological polar surface area (TPSA) is 21.3 Å². The van der Waals surface area contributed by atoms with E-state index in [0.717, 1.165) is 5.56 Å². The highest BCUT2D eigenvalue weighted by molar-refractivity contribution is 5.40. The second-order valence-corrected chi connectivity index (χ2v) is 5.51. The highest BCUT2D eigenvalue weighted by Gasteiger charge is 2.35. The summed E-state index contributed by atoms with van der Waals surface area (Å²) in [5.41, 5.74) is 0.378. The van der Waals surface area contributed by atoms with Gasteiger partial charge in [0.2, 0.25) is 0 Å². The van der Waals surface area contributed by atoms with Gasteiger partial charge in [-0.05, 0) is 39.8 Å². The number of nitrogens with one attached hydrogen (secondary N) is 1. The molecule has 0 aromatic heterocycles. The summed E-state index contributed by atoms with van der Waals surface area (Å²) in [5, 5.41) is 2.83. The maximum atomic E-state index is 14.2. The van der Waals surface area contributed by atoms with E-state index in [2.05, 4.69) is 5.32 Å². The van der Waals surface area contributed by atoms with Gasteiger partial charge in [-0.3, -0.25) is 0 Å². The molecule has 0 unspecified atom stereocenters. The number of alkyl halides is 2. The van der Waals surface area contributed by atoms with Gasteiger partial charge in [0.1, 0.15) is 5.75 Å². The van der Waals surface area contributed by atoms with Crippen LogP contribution in [0.2, 0.25) is 0 Å². The highest BCUT2D eigenvalue weighted by Crippen LogP contribution is 2.35. The van der Waals surface area contributed by atoms with Crippen LogP contribution in [0.5, 0.6) is 5.75 Å². The standard InChI is InChI=1S/C14H21F2NO/c1-10-6-7-12(18-5)11(8-10)14(15,16)9-17-13(2,3)4/h6-8,17H,9H2,1-5H3. The van der Waals surface area contributed by atoms with Gasteiger partial charge in [-0.15, -0.1) is 0 Å². The molecular formula is C14H21F2NO. The number of benzene rings is 1. The van der Waals surface area contributed by atoms with Crippen LogP contribution in [0.1, 0.15) is 31.9 Å². The average Bonchev–Trinajstić information content (AvgIpc) is 2.26. The summed E-state index contributed by atoms with van der Waals surface area (Å²) in [4.78, 5) is 0. The van der Waals surface area contributed by atoms with Gasteiger partial charge in [-0.2, -0.15) is 8.78 Å². The smallest absolute Gasteiger partial charge is 0.288 e. The Morgan fingerprint density at radius 2 is 1.83 bits per heavy atom. The van der Waals surface area contributed by atoms with E-state index in [1.54, 1.807) is 19.1 Å². The number of aryl methyl sites for hydroxylation is 1. The Morgan fingerprint density at radius 1 is 1.22 bits per heavy atom. The van der Waals surface area contributed by atoms with Crippen molar-refractivity contribution in [2.24, 2.45) is 0 Å². The third-order valence-corrected chi connectivity index (χ3v) is 2.59. The lowest BCUT2D eigenvalue weighted by Crippen LogP contribution is -2.42. The van der Waals surface area contributed by atoms with E-state index >= 15 is 0 Å². The molecule has 0 saturated carbocycles. The molecule has 1 aromatic carbocycles. The Bertz CT molecular complexity index is 411. The van der Waals surface area contributed by atoms with Crippen LogP contribution >= 0.6 is 0 Å². The van der Waals surface area contributed by atoms with Crippen LogP contribution in [-0.2, 0) is 5.92 Å². The quantitative estimate of drug-likeness (QED) is 0.891. The summed E-state index contributed by atoms with van der Waals surface area (Å²) in [6.07, 6.45) is 0. The van der Waals surface area contributed by atoms with E-state index in [4.69, 9.17) is 4.74 Å². The second-order valence-electron chi connectivity index (χ2n) is 5.51. The number of methoxy groups -OCH3 is 1. The molecule has 102 valence electrons. The average molecular weight is 257 g/mol. The summed E-state index contributed by atoms with van der Waals surface area (Å²) in [6.45, 7) is 6.95. The third kappa shape index (κ3) is 3.95. The Kier molecular flexibility index (Phi) is 4.32. The lowest BCUT2D eigenvalue weighted by Gasteiger charge is -2.26. The molecule has 4 heteroatoms. The van der Waals surface area contributed by atoms with Crippen molar-refractivity contribution in [3.8, 4) is 5.75 Å². The first-order chi connectivity index (χ1) is 8.15. The molecule has 0 aliphatic heterocycles. The minimum atomic E-state index is -2.95. The Morgan fingerprint density at radius 3 is 2.33 bits per heavy atom. The monoisotopic (exact) mass is 257 g/mol. The summed E-state index contributed by atoms with van der Waals surface area (Å²) in [6, 6.07) is 4.81. The van der Waals surface area contributed by atoms with Gasteiger partial charge in [0.15, 0.2) is 0 Å². The van der Waals surface area contributed by atoms with Gasteiger partial charge in [0.05, 0.1) is 19.2 Å². The van der Waals surface area contributed by atoms with Crippen LogP contribution in [0.15, 0.2) is 18.2 Å². The van der Waals surface area contributed by atoms with E-state index < -0.39 is 12.5 Å². The molecule has 1 rings (SSSR count). The lowest BCUT2D eigenvalue weighted by atomic mass is 10.0. The summed E-state index contributed by atoms with van der Waals surface area (Å²) in [5.74, 6) is -2.73. The van der Waals surface area contributed by atoms with Crippen LogP contribution in [0, 0.1) is 6.92 Å². The van der Waals surface area contributed by atoms with E-state index in [1.165, 1.54) is 13.2 Å². The molecule has 0 atom stereocenters. The molecule has 0 aliphatic rings. The minimum Gasteiger partial charge on any atom is -0.496 e. The lowest BCUT2D eigenvalue weighted by molar-refractivity contribution is -0.0107. The van der Waals surface area contributed by atoms with Gasteiger partial charge in [0, 0.05) is 5.54 Å². The van der Waals surface area contributed by atoms with Crippen molar-refractivity contribution in [3.05, 3.63) is 29.3 Å². The van der Waals surface area contributed by atoms with E-state index in [-0.39, 0.29) is 16.9 Å². The predicted molar refractivity (Wildman–Crippen MR) is 69.4 cm³/mol. The van der Waals surface area contributed by atoms with Crippen molar-refractivity contribution in [2.45, 2.75) is 39.2 Å². The van der Waals surface area contributed by atoms with Crippen LogP contribution in [-0.4, -0.2) is 19.2 Å². The molecule has 1 N–H and O–H groups in total. The number of ether oxygens (including phenoxy) is 1. The minimum absolute atomic E-state index is 0.0678. The molecule has 0 fully saturated rings. The SMILES string of the molecule is COc1ccc(C)cc1C(F)(F)CNC(C)(C)C. The largest absolute Gasteiger partial charge is 0.496 e. The van der Waals surface area contributed by atoms with E-state index in [0.29, 0.717) is 0 Å². The maximum absolute atomic E-state index is 14.2. The summed E-state index contributed by atoms with van der Waals surface area (Å²) >= 11 is 0. The van der Waals surface area contributed by atoms with Gasteiger partial charge in [-0.1, -0.05) is 11.6 Å². The zero-order valence-electron chi connectivity index (χ0n) is 11.6. The molecule has 0 radical (unpaired) electrons. The zero-order valence-corrected chi connectivity index (χ0v) is 11.6. The number of halogens is 2. The molecule has 0 saturated heterocycles. The molecule has 2 nitrogen and oxygen atoms in total. The normalized spacial score (nSPS) is 12.6. The molecule has 0 spiro atoms. The second kappa shape index (κ2) is 5.22. The number of hydrogen-bond donors (Lipinski definition) is 1. The van der Waals surface area contributed by atoms with E-state index in [1.807, 2.05) is 20.8 Å². The van der Waals surface area contributed by atoms with Crippen LogP contribution in [0.25, 0.3) is 0 Å². The highest BCUT2D eigenvalue weighted by atomic mass is 19.3. The van der Waals surface area contributed by atoms with Gasteiger partial charge in [0.25, 0.3) is 5.92 Å². The first kappa shape index (κ1) is 14.9. The first-order valence-electron chi connectivity index (χ1n) is 5.94. The van der Waals surface area contributed by atoms with Crippen LogP contribution in [0.3, 0.4) is 0 Å². The van der Waals surface area contributed by atoms with Crippen molar-refractivity contribution in [2.75, 3.05) is 13.7 Å². The Balaban J connectivity index is 2.99. The van der Waals surface area contributed by atoms with Gasteiger partial charge >= 0.3 is 0 Å². The van der Waals surface area contributed by atoms with Gasteiger partial charge < -0.3 is 10.1 Å². The first-order valence-corrected chi connectivity index (χ1v) is 5.94. The molecule has 0 aliphatic carbocycles. The fourth-order valence-electron chi connectivity index (χ4n) is 1.58. The molecule has 0 bridgehead atoms. The maximum Gasteiger partial charge on any atom is 0.288 e. The van der Waals surface area contributed by atoms with Crippen LogP contribution in [0.4, 0.5) is 8.78 Å². The predicted octanol–water partition coefficient (Wildman–Crippen LogP) is 3.48. The fraction of sp³-hybridized carbons (Fsp3) is 0.571. The van der Waals surface area contributed by atoms with Crippen molar-refractivity contribution in [1.82, 2.24) is 5.32 Å². The third-order valence-electron chi connectivity index (χ3n) is 2.59. The Labute approximate surface area is 107 Å². The Hall–Kier alpha value is -1.16. The van der Waals surface area contributed by atoms with Crippen LogP contribution < -0.4 is 10.1 Å². The van der Waals surface area contributed by atoms with Gasteiger partial charge in [-0.25, -0.2) is 0 Å². The number of rotatable bonds is 4. The number of hydrogen-bond acceptors (Lipinski definition) is 2.